The summed E-state index contributed by atoms with van der Waals surface area (Å²) in [6.45, 7) is 9.57. The topological polar surface area (TPSA) is 44.1 Å². The Labute approximate surface area is 93.1 Å². The largest absolute Gasteiger partial charge is 0.341 e. The molecule has 0 fully saturated rings. The predicted octanol–water partition coefficient (Wildman–Crippen LogP) is 2.43. The van der Waals surface area contributed by atoms with E-state index in [-0.39, 0.29) is 5.91 Å². The van der Waals surface area contributed by atoms with Gasteiger partial charge < -0.3 is 4.90 Å². The van der Waals surface area contributed by atoms with E-state index in [1.54, 1.807) is 0 Å². The van der Waals surface area contributed by atoms with E-state index >= 15 is 0 Å². The molecule has 0 saturated carbocycles. The molecule has 0 aromatic carbocycles. The maximum absolute atomic E-state index is 11.8. The standard InChI is InChI=1S/C12H22N2O/c1-10(2)8-12(15)14(7-5-6-13)9-11(3)4/h10-11H,5,7-9H2,1-4H3. The summed E-state index contributed by atoms with van der Waals surface area (Å²) in [5, 5.41) is 8.52. The van der Waals surface area contributed by atoms with Gasteiger partial charge in [-0.1, -0.05) is 27.7 Å². The van der Waals surface area contributed by atoms with Gasteiger partial charge in [0.15, 0.2) is 0 Å². The molecular formula is C12H22N2O. The fraction of sp³-hybridized carbons (Fsp3) is 0.833. The molecular weight excluding hydrogens is 188 g/mol. The lowest BCUT2D eigenvalue weighted by Gasteiger charge is -2.24. The smallest absolute Gasteiger partial charge is 0.222 e. The molecule has 0 heterocycles. The van der Waals surface area contributed by atoms with Crippen molar-refractivity contribution in [3.8, 4) is 6.07 Å². The van der Waals surface area contributed by atoms with Crippen LogP contribution in [0.3, 0.4) is 0 Å². The molecule has 0 spiro atoms. The molecule has 0 N–H and O–H groups in total. The Hall–Kier alpha value is -1.04. The van der Waals surface area contributed by atoms with Crippen LogP contribution in [-0.2, 0) is 4.79 Å². The Morgan fingerprint density at radius 3 is 2.27 bits per heavy atom. The molecule has 0 bridgehead atoms. The average molecular weight is 210 g/mol. The van der Waals surface area contributed by atoms with Gasteiger partial charge >= 0.3 is 0 Å². The highest BCUT2D eigenvalue weighted by Gasteiger charge is 2.15. The molecule has 0 aliphatic carbocycles. The van der Waals surface area contributed by atoms with Gasteiger partial charge in [0.1, 0.15) is 0 Å². The van der Waals surface area contributed by atoms with E-state index < -0.39 is 0 Å². The van der Waals surface area contributed by atoms with Crippen LogP contribution in [0.25, 0.3) is 0 Å². The Balaban J connectivity index is 4.21. The van der Waals surface area contributed by atoms with Crippen molar-refractivity contribution >= 4 is 5.91 Å². The van der Waals surface area contributed by atoms with Crippen molar-refractivity contribution in [2.75, 3.05) is 13.1 Å². The normalized spacial score (nSPS) is 10.5. The van der Waals surface area contributed by atoms with Gasteiger partial charge in [-0.05, 0) is 11.8 Å². The second kappa shape index (κ2) is 7.28. The van der Waals surface area contributed by atoms with Gasteiger partial charge in [0.25, 0.3) is 0 Å². The molecule has 0 aromatic rings. The van der Waals surface area contributed by atoms with Gasteiger partial charge in [-0.15, -0.1) is 0 Å². The summed E-state index contributed by atoms with van der Waals surface area (Å²) in [4.78, 5) is 13.6. The van der Waals surface area contributed by atoms with Crippen LogP contribution >= 0.6 is 0 Å². The van der Waals surface area contributed by atoms with Crippen LogP contribution in [0, 0.1) is 23.2 Å². The monoisotopic (exact) mass is 210 g/mol. The van der Waals surface area contributed by atoms with Gasteiger partial charge in [-0.25, -0.2) is 0 Å². The first kappa shape index (κ1) is 14.0. The van der Waals surface area contributed by atoms with E-state index in [1.807, 2.05) is 18.7 Å². The fourth-order valence-corrected chi connectivity index (χ4v) is 1.42. The molecule has 86 valence electrons. The predicted molar refractivity (Wildman–Crippen MR) is 61.1 cm³/mol. The Morgan fingerprint density at radius 2 is 1.87 bits per heavy atom. The van der Waals surface area contributed by atoms with E-state index in [0.717, 1.165) is 6.54 Å². The van der Waals surface area contributed by atoms with Crippen LogP contribution in [0.1, 0.15) is 40.5 Å². The molecule has 0 aromatic heterocycles. The minimum atomic E-state index is 0.175. The fourth-order valence-electron chi connectivity index (χ4n) is 1.42. The van der Waals surface area contributed by atoms with Gasteiger partial charge in [0, 0.05) is 19.5 Å². The summed E-state index contributed by atoms with van der Waals surface area (Å²) in [7, 11) is 0. The Morgan fingerprint density at radius 1 is 1.27 bits per heavy atom. The van der Waals surface area contributed by atoms with Crippen LogP contribution in [0.5, 0.6) is 0 Å². The van der Waals surface area contributed by atoms with Crippen LogP contribution in [0.2, 0.25) is 0 Å². The maximum atomic E-state index is 11.8. The van der Waals surface area contributed by atoms with Gasteiger partial charge in [0.05, 0.1) is 12.5 Å². The number of rotatable bonds is 6. The van der Waals surface area contributed by atoms with Crippen molar-refractivity contribution in [1.82, 2.24) is 4.90 Å². The summed E-state index contributed by atoms with van der Waals surface area (Å²) in [6, 6.07) is 2.09. The molecule has 3 heteroatoms. The van der Waals surface area contributed by atoms with Crippen LogP contribution < -0.4 is 0 Å². The summed E-state index contributed by atoms with van der Waals surface area (Å²) in [5.74, 6) is 1.02. The summed E-state index contributed by atoms with van der Waals surface area (Å²) < 4.78 is 0. The van der Waals surface area contributed by atoms with Crippen molar-refractivity contribution in [3.63, 3.8) is 0 Å². The molecule has 0 atom stereocenters. The molecule has 0 saturated heterocycles. The van der Waals surface area contributed by atoms with Crippen molar-refractivity contribution in [2.24, 2.45) is 11.8 Å². The summed E-state index contributed by atoms with van der Waals surface area (Å²) in [6.07, 6.45) is 1.01. The first-order valence-corrected chi connectivity index (χ1v) is 5.62. The number of carbonyl (C=O) groups excluding carboxylic acids is 1. The highest BCUT2D eigenvalue weighted by atomic mass is 16.2. The third-order valence-electron chi connectivity index (χ3n) is 2.01. The molecule has 0 unspecified atom stereocenters. The van der Waals surface area contributed by atoms with Crippen LogP contribution in [-0.4, -0.2) is 23.9 Å². The molecule has 0 aliphatic rings. The quantitative estimate of drug-likeness (QED) is 0.676. The summed E-state index contributed by atoms with van der Waals surface area (Å²) in [5.41, 5.74) is 0. The average Bonchev–Trinajstić information content (AvgIpc) is 2.10. The number of carbonyl (C=O) groups is 1. The molecule has 3 nitrogen and oxygen atoms in total. The second-order valence-electron chi connectivity index (χ2n) is 4.74. The molecule has 15 heavy (non-hydrogen) atoms. The molecule has 0 radical (unpaired) electrons. The Kier molecular flexibility index (Phi) is 6.77. The van der Waals surface area contributed by atoms with Crippen molar-refractivity contribution in [3.05, 3.63) is 0 Å². The zero-order valence-corrected chi connectivity index (χ0v) is 10.3. The van der Waals surface area contributed by atoms with Crippen molar-refractivity contribution in [2.45, 2.75) is 40.5 Å². The lowest BCUT2D eigenvalue weighted by atomic mass is 10.1. The van der Waals surface area contributed by atoms with E-state index in [0.29, 0.717) is 31.2 Å². The second-order valence-corrected chi connectivity index (χ2v) is 4.74. The zero-order chi connectivity index (χ0) is 11.8. The maximum Gasteiger partial charge on any atom is 0.222 e. The molecule has 0 aliphatic heterocycles. The molecule has 0 rings (SSSR count). The van der Waals surface area contributed by atoms with Crippen molar-refractivity contribution in [1.29, 1.82) is 5.26 Å². The highest BCUT2D eigenvalue weighted by molar-refractivity contribution is 5.76. The highest BCUT2D eigenvalue weighted by Crippen LogP contribution is 2.07. The summed E-state index contributed by atoms with van der Waals surface area (Å²) >= 11 is 0. The number of hydrogen-bond donors (Lipinski definition) is 0. The van der Waals surface area contributed by atoms with Gasteiger partial charge in [-0.3, -0.25) is 4.79 Å². The van der Waals surface area contributed by atoms with Crippen molar-refractivity contribution < 1.29 is 4.79 Å². The SMILES string of the molecule is CC(C)CC(=O)N(CCC#N)CC(C)C. The van der Waals surface area contributed by atoms with Crippen LogP contribution in [0.4, 0.5) is 0 Å². The third-order valence-corrected chi connectivity index (χ3v) is 2.01. The zero-order valence-electron chi connectivity index (χ0n) is 10.3. The number of amides is 1. The van der Waals surface area contributed by atoms with E-state index in [9.17, 15) is 4.79 Å². The minimum absolute atomic E-state index is 0.175. The van der Waals surface area contributed by atoms with E-state index in [2.05, 4.69) is 19.9 Å². The number of nitrogens with zero attached hydrogens (tertiary/aromatic N) is 2. The third kappa shape index (κ3) is 6.96. The van der Waals surface area contributed by atoms with Crippen LogP contribution in [0.15, 0.2) is 0 Å². The first-order chi connectivity index (χ1) is 6.97. The first-order valence-electron chi connectivity index (χ1n) is 5.62. The van der Waals surface area contributed by atoms with Gasteiger partial charge in [-0.2, -0.15) is 5.26 Å². The number of nitriles is 1. The van der Waals surface area contributed by atoms with E-state index in [1.165, 1.54) is 0 Å². The number of hydrogen-bond acceptors (Lipinski definition) is 2. The lowest BCUT2D eigenvalue weighted by Crippen LogP contribution is -2.35. The Bertz CT molecular complexity index is 228. The van der Waals surface area contributed by atoms with E-state index in [4.69, 9.17) is 5.26 Å². The lowest BCUT2D eigenvalue weighted by molar-refractivity contribution is -0.132. The van der Waals surface area contributed by atoms with Gasteiger partial charge in [0.2, 0.25) is 5.91 Å². The minimum Gasteiger partial charge on any atom is -0.341 e. The molecule has 1 amide bonds.